The van der Waals surface area contributed by atoms with Gasteiger partial charge < -0.3 is 9.84 Å². The van der Waals surface area contributed by atoms with E-state index in [0.29, 0.717) is 10.9 Å². The highest BCUT2D eigenvalue weighted by Gasteiger charge is 2.22. The van der Waals surface area contributed by atoms with E-state index in [1.165, 1.54) is 0 Å². The largest absolute Gasteiger partial charge is 0.459 e. The van der Waals surface area contributed by atoms with Gasteiger partial charge in [-0.2, -0.15) is 0 Å². The minimum absolute atomic E-state index is 0.203. The number of allylic oxidation sites excluding steroid dienone is 1. The van der Waals surface area contributed by atoms with Crippen molar-refractivity contribution in [2.75, 3.05) is 5.33 Å². The third kappa shape index (κ3) is 5.88. The normalized spacial score (nSPS) is 13.5. The summed E-state index contributed by atoms with van der Waals surface area (Å²) in [6.07, 6.45) is 4.22. The van der Waals surface area contributed by atoms with E-state index in [4.69, 9.17) is 4.74 Å². The van der Waals surface area contributed by atoms with Crippen LogP contribution in [0, 0.1) is 0 Å². The highest BCUT2D eigenvalue weighted by Crippen LogP contribution is 2.17. The maximum atomic E-state index is 11.9. The number of carbonyl (C=O) groups excluding carboxylic acids is 1. The Labute approximate surface area is 128 Å². The lowest BCUT2D eigenvalue weighted by Gasteiger charge is -2.18. The minimum atomic E-state index is -1.22. The number of hydrogen-bond acceptors (Lipinski definition) is 3. The molecule has 0 aliphatic carbocycles. The van der Waals surface area contributed by atoms with Gasteiger partial charge in [-0.1, -0.05) is 52.3 Å². The molecule has 0 heterocycles. The minimum Gasteiger partial charge on any atom is -0.459 e. The Morgan fingerprint density at radius 3 is 2.65 bits per heavy atom. The van der Waals surface area contributed by atoms with Crippen LogP contribution >= 0.6 is 15.9 Å². The van der Waals surface area contributed by atoms with Crippen LogP contribution in [0.4, 0.5) is 0 Å². The summed E-state index contributed by atoms with van der Waals surface area (Å²) in [5.41, 5.74) is 0.553. The van der Waals surface area contributed by atoms with Gasteiger partial charge in [0.2, 0.25) is 0 Å². The van der Waals surface area contributed by atoms with Gasteiger partial charge in [0, 0.05) is 5.33 Å². The second-order valence-electron chi connectivity index (χ2n) is 4.60. The maximum absolute atomic E-state index is 11.9. The Hall–Kier alpha value is -1.13. The Morgan fingerprint density at radius 2 is 2.05 bits per heavy atom. The van der Waals surface area contributed by atoms with Crippen LogP contribution in [0.15, 0.2) is 43.0 Å². The number of benzene rings is 1. The van der Waals surface area contributed by atoms with Crippen LogP contribution < -0.4 is 0 Å². The first kappa shape index (κ1) is 16.9. The Morgan fingerprint density at radius 1 is 1.35 bits per heavy atom. The molecule has 3 nitrogen and oxygen atoms in total. The third-order valence-corrected chi connectivity index (χ3v) is 3.70. The molecule has 0 aliphatic rings. The molecule has 20 heavy (non-hydrogen) atoms. The van der Waals surface area contributed by atoms with Crippen LogP contribution in [0.1, 0.15) is 37.4 Å². The number of unbranched alkanes of at least 4 members (excludes halogenated alkanes) is 2. The van der Waals surface area contributed by atoms with Crippen molar-refractivity contribution in [3.05, 3.63) is 48.6 Å². The molecule has 0 unspecified atom stereocenters. The number of halogens is 1. The summed E-state index contributed by atoms with van der Waals surface area (Å²) >= 11 is 3.34. The van der Waals surface area contributed by atoms with Gasteiger partial charge in [0.05, 0.1) is 0 Å². The van der Waals surface area contributed by atoms with Crippen LogP contribution in [0.5, 0.6) is 0 Å². The predicted molar refractivity (Wildman–Crippen MR) is 83.7 cm³/mol. The molecule has 0 saturated heterocycles. The lowest BCUT2D eigenvalue weighted by Crippen LogP contribution is -2.24. The molecule has 1 N–H and O–H groups in total. The highest BCUT2D eigenvalue weighted by atomic mass is 79.9. The van der Waals surface area contributed by atoms with Crippen molar-refractivity contribution in [3.8, 4) is 0 Å². The summed E-state index contributed by atoms with van der Waals surface area (Å²) in [5, 5.41) is 10.5. The van der Waals surface area contributed by atoms with Crippen LogP contribution in [-0.4, -0.2) is 22.5 Å². The number of esters is 1. The lowest BCUT2D eigenvalue weighted by molar-refractivity contribution is -0.158. The molecule has 0 fully saturated rings. The van der Waals surface area contributed by atoms with Gasteiger partial charge in [-0.25, -0.2) is 4.79 Å². The predicted octanol–water partition coefficient (Wildman–Crippen LogP) is 3.77. The fourth-order valence-electron chi connectivity index (χ4n) is 1.83. The molecule has 0 saturated carbocycles. The van der Waals surface area contributed by atoms with Gasteiger partial charge in [0.15, 0.2) is 6.10 Å². The number of hydrogen-bond donors (Lipinski definition) is 1. The Bertz CT molecular complexity index is 405. The zero-order valence-corrected chi connectivity index (χ0v) is 13.1. The van der Waals surface area contributed by atoms with E-state index in [0.717, 1.165) is 25.7 Å². The summed E-state index contributed by atoms with van der Waals surface area (Å²) in [6.45, 7) is 3.67. The molecule has 110 valence electrons. The zero-order chi connectivity index (χ0) is 14.8. The number of rotatable bonds is 9. The molecular formula is C16H21BrO3. The van der Waals surface area contributed by atoms with Crippen molar-refractivity contribution < 1.29 is 14.6 Å². The first-order valence-corrected chi connectivity index (χ1v) is 7.91. The van der Waals surface area contributed by atoms with Crippen molar-refractivity contribution in [1.29, 1.82) is 0 Å². The fourth-order valence-corrected chi connectivity index (χ4v) is 2.28. The van der Waals surface area contributed by atoms with Gasteiger partial charge in [-0.15, -0.1) is 6.58 Å². The monoisotopic (exact) mass is 340 g/mol. The van der Waals surface area contributed by atoms with Crippen LogP contribution in [-0.2, 0) is 9.53 Å². The molecule has 0 aliphatic heterocycles. The maximum Gasteiger partial charge on any atom is 0.339 e. The van der Waals surface area contributed by atoms with Crippen molar-refractivity contribution in [2.45, 2.75) is 37.9 Å². The molecule has 1 aromatic carbocycles. The second-order valence-corrected chi connectivity index (χ2v) is 5.25. The Kier molecular flexibility index (Phi) is 8.23. The fraction of sp³-hybridized carbons (Fsp3) is 0.438. The molecule has 1 rings (SSSR count). The topological polar surface area (TPSA) is 46.5 Å². The first-order valence-electron chi connectivity index (χ1n) is 6.79. The molecule has 0 radical (unpaired) electrons. The van der Waals surface area contributed by atoms with Gasteiger partial charge in [-0.3, -0.25) is 0 Å². The molecule has 1 aromatic rings. The average Bonchev–Trinajstić information content (AvgIpc) is 2.50. The van der Waals surface area contributed by atoms with E-state index >= 15 is 0 Å². The summed E-state index contributed by atoms with van der Waals surface area (Å²) in [4.78, 5) is 11.9. The molecule has 4 heteroatoms. The number of alkyl halides is 1. The van der Waals surface area contributed by atoms with Gasteiger partial charge >= 0.3 is 5.97 Å². The molecule has 2 atom stereocenters. The van der Waals surface area contributed by atoms with E-state index in [1.807, 2.05) is 12.1 Å². The number of aliphatic hydroxyl groups excluding tert-OH is 1. The molecule has 0 spiro atoms. The zero-order valence-electron chi connectivity index (χ0n) is 11.5. The van der Waals surface area contributed by atoms with Crippen LogP contribution in [0.2, 0.25) is 0 Å². The van der Waals surface area contributed by atoms with Crippen molar-refractivity contribution in [1.82, 2.24) is 0 Å². The van der Waals surface area contributed by atoms with Gasteiger partial charge in [-0.05, 0) is 31.2 Å². The number of carbonyl (C=O) groups is 1. The first-order chi connectivity index (χ1) is 9.69. The van der Waals surface area contributed by atoms with Gasteiger partial charge in [0.25, 0.3) is 0 Å². The van der Waals surface area contributed by atoms with Crippen molar-refractivity contribution >= 4 is 21.9 Å². The van der Waals surface area contributed by atoms with Crippen molar-refractivity contribution in [2.24, 2.45) is 0 Å². The quantitative estimate of drug-likeness (QED) is 0.322. The van der Waals surface area contributed by atoms with Gasteiger partial charge in [0.1, 0.15) is 6.10 Å². The van der Waals surface area contributed by atoms with Crippen molar-refractivity contribution in [3.63, 3.8) is 0 Å². The standard InChI is InChI=1S/C16H21BrO3/c1-2-3-4-8-11-14(12-17)20-16(19)15(18)13-9-6-5-7-10-13/h2,5-7,9-10,14-15,18H,1,3-4,8,11-12H2/t14-,15-/m0/s1. The van der Waals surface area contributed by atoms with E-state index in [-0.39, 0.29) is 6.10 Å². The summed E-state index contributed by atoms with van der Waals surface area (Å²) in [6, 6.07) is 8.81. The van der Waals surface area contributed by atoms with E-state index in [9.17, 15) is 9.90 Å². The summed E-state index contributed by atoms with van der Waals surface area (Å²) in [7, 11) is 0. The Balaban J connectivity index is 2.44. The smallest absolute Gasteiger partial charge is 0.339 e. The lowest BCUT2D eigenvalue weighted by atomic mass is 10.1. The molecular weight excluding hydrogens is 320 g/mol. The summed E-state index contributed by atoms with van der Waals surface area (Å²) in [5.74, 6) is -0.593. The number of aliphatic hydroxyl groups is 1. The second kappa shape index (κ2) is 9.72. The van der Waals surface area contributed by atoms with Crippen LogP contribution in [0.25, 0.3) is 0 Å². The van der Waals surface area contributed by atoms with E-state index in [2.05, 4.69) is 22.5 Å². The molecule has 0 bridgehead atoms. The third-order valence-electron chi connectivity index (χ3n) is 2.98. The SMILES string of the molecule is C=CCCCC[C@@H](CBr)OC(=O)[C@@H](O)c1ccccc1. The highest BCUT2D eigenvalue weighted by molar-refractivity contribution is 9.09. The number of ether oxygens (including phenoxy) is 1. The molecule has 0 amide bonds. The van der Waals surface area contributed by atoms with E-state index < -0.39 is 12.1 Å². The average molecular weight is 341 g/mol. The summed E-state index contributed by atoms with van der Waals surface area (Å²) < 4.78 is 5.33. The van der Waals surface area contributed by atoms with Crippen LogP contribution in [0.3, 0.4) is 0 Å². The molecule has 0 aromatic heterocycles. The van der Waals surface area contributed by atoms with E-state index in [1.54, 1.807) is 24.3 Å².